The number of nitriles is 1. The highest BCUT2D eigenvalue weighted by Crippen LogP contribution is 2.31. The van der Waals surface area contributed by atoms with Crippen LogP contribution in [-0.4, -0.2) is 17.0 Å². The predicted molar refractivity (Wildman–Crippen MR) is 87.1 cm³/mol. The Labute approximate surface area is 125 Å². The molecule has 0 spiro atoms. The second-order valence-corrected chi connectivity index (χ2v) is 6.26. The van der Waals surface area contributed by atoms with Gasteiger partial charge in [-0.1, -0.05) is 50.6 Å². The second kappa shape index (κ2) is 7.35. The molecule has 3 nitrogen and oxygen atoms in total. The van der Waals surface area contributed by atoms with E-state index in [0.717, 1.165) is 28.9 Å². The van der Waals surface area contributed by atoms with E-state index in [2.05, 4.69) is 30.2 Å². The number of anilines is 1. The normalized spacial score (nSPS) is 17.9. The minimum absolute atomic E-state index is 0.465. The van der Waals surface area contributed by atoms with Gasteiger partial charge in [0.1, 0.15) is 0 Å². The number of benzene rings is 1. The summed E-state index contributed by atoms with van der Waals surface area (Å²) >= 11 is 1.86. The molecule has 0 saturated heterocycles. The van der Waals surface area contributed by atoms with Crippen LogP contribution in [0.2, 0.25) is 0 Å². The first-order valence-corrected chi connectivity index (χ1v) is 8.08. The molecule has 0 bridgehead atoms. The summed E-state index contributed by atoms with van der Waals surface area (Å²) in [5.74, 6) is 0.751. The average Bonchev–Trinajstić information content (AvgIpc) is 2.91. The van der Waals surface area contributed by atoms with Crippen molar-refractivity contribution in [1.29, 1.82) is 5.26 Å². The van der Waals surface area contributed by atoms with Crippen molar-refractivity contribution >= 4 is 22.6 Å². The van der Waals surface area contributed by atoms with Gasteiger partial charge >= 0.3 is 0 Å². The largest absolute Gasteiger partial charge is 0.335 e. The summed E-state index contributed by atoms with van der Waals surface area (Å²) in [7, 11) is 0. The number of amidine groups is 1. The highest BCUT2D eigenvalue weighted by atomic mass is 32.2. The summed E-state index contributed by atoms with van der Waals surface area (Å²) < 4.78 is 0. The summed E-state index contributed by atoms with van der Waals surface area (Å²) in [5.41, 5.74) is 2.09. The van der Waals surface area contributed by atoms with Crippen LogP contribution < -0.4 is 5.32 Å². The molecular weight excluding hydrogens is 266 g/mol. The molecular formula is C16H21N3S. The van der Waals surface area contributed by atoms with Crippen molar-refractivity contribution < 1.29 is 0 Å². The van der Waals surface area contributed by atoms with Gasteiger partial charge in [-0.15, -0.1) is 0 Å². The van der Waals surface area contributed by atoms with Crippen LogP contribution in [0.4, 0.5) is 5.69 Å². The quantitative estimate of drug-likeness (QED) is 0.888. The van der Waals surface area contributed by atoms with Crippen molar-refractivity contribution in [3.05, 3.63) is 29.8 Å². The number of aliphatic imine (C=N–C) groups is 1. The lowest BCUT2D eigenvalue weighted by atomic mass is 9.99. The summed E-state index contributed by atoms with van der Waals surface area (Å²) in [6, 6.07) is 10.2. The van der Waals surface area contributed by atoms with Crippen LogP contribution in [0, 0.1) is 17.2 Å². The van der Waals surface area contributed by atoms with Gasteiger partial charge in [0.2, 0.25) is 0 Å². The lowest BCUT2D eigenvalue weighted by Crippen LogP contribution is -2.17. The summed E-state index contributed by atoms with van der Waals surface area (Å²) in [6.07, 6.45) is 2.91. The van der Waals surface area contributed by atoms with Crippen LogP contribution in [-0.2, 0) is 6.42 Å². The first-order valence-electron chi connectivity index (χ1n) is 7.20. The molecule has 1 N–H and O–H groups in total. The van der Waals surface area contributed by atoms with Crippen molar-refractivity contribution in [1.82, 2.24) is 0 Å². The molecule has 20 heavy (non-hydrogen) atoms. The van der Waals surface area contributed by atoms with Crippen LogP contribution in [0.25, 0.3) is 0 Å². The monoisotopic (exact) mass is 287 g/mol. The van der Waals surface area contributed by atoms with Crippen LogP contribution >= 0.6 is 11.8 Å². The van der Waals surface area contributed by atoms with Crippen LogP contribution in [0.5, 0.6) is 0 Å². The Morgan fingerprint density at radius 2 is 2.05 bits per heavy atom. The fourth-order valence-corrected chi connectivity index (χ4v) is 3.78. The Balaban J connectivity index is 1.90. The topological polar surface area (TPSA) is 48.2 Å². The molecule has 106 valence electrons. The maximum absolute atomic E-state index is 8.66. The third kappa shape index (κ3) is 3.77. The van der Waals surface area contributed by atoms with Crippen LogP contribution in [0.15, 0.2) is 29.3 Å². The van der Waals surface area contributed by atoms with Crippen LogP contribution in [0.3, 0.4) is 0 Å². The van der Waals surface area contributed by atoms with Gasteiger partial charge in [0.15, 0.2) is 5.17 Å². The Morgan fingerprint density at radius 3 is 2.65 bits per heavy atom. The average molecular weight is 287 g/mol. The molecule has 0 radical (unpaired) electrons. The molecule has 1 unspecified atom stereocenters. The van der Waals surface area contributed by atoms with Gasteiger partial charge < -0.3 is 5.32 Å². The van der Waals surface area contributed by atoms with Crippen LogP contribution in [0.1, 0.15) is 32.3 Å². The number of thioether (sulfide) groups is 1. The van der Waals surface area contributed by atoms with Crippen molar-refractivity contribution in [2.75, 3.05) is 11.9 Å². The van der Waals surface area contributed by atoms with Crippen molar-refractivity contribution in [3.8, 4) is 6.07 Å². The third-order valence-electron chi connectivity index (χ3n) is 3.74. The van der Waals surface area contributed by atoms with E-state index in [1.165, 1.54) is 12.8 Å². The molecule has 1 atom stereocenters. The third-order valence-corrected chi connectivity index (χ3v) is 5.03. The molecule has 1 aromatic carbocycles. The van der Waals surface area contributed by atoms with E-state index < -0.39 is 0 Å². The van der Waals surface area contributed by atoms with Gasteiger partial charge in [0.05, 0.1) is 19.0 Å². The smallest absolute Gasteiger partial charge is 0.161 e. The maximum Gasteiger partial charge on any atom is 0.161 e. The number of nitrogens with zero attached hydrogens (tertiary/aromatic N) is 2. The van der Waals surface area contributed by atoms with Gasteiger partial charge in [0.25, 0.3) is 0 Å². The fourth-order valence-electron chi connectivity index (χ4n) is 2.44. The Kier molecular flexibility index (Phi) is 5.49. The first kappa shape index (κ1) is 14.9. The fraction of sp³-hybridized carbons (Fsp3) is 0.500. The Bertz CT molecular complexity index is 497. The zero-order chi connectivity index (χ0) is 14.4. The minimum atomic E-state index is 0.465. The highest BCUT2D eigenvalue weighted by molar-refractivity contribution is 8.15. The molecule has 1 aliphatic heterocycles. The van der Waals surface area contributed by atoms with Gasteiger partial charge in [-0.3, -0.25) is 4.99 Å². The number of hydrogen-bond acceptors (Lipinski definition) is 4. The van der Waals surface area contributed by atoms with Crippen molar-refractivity contribution in [2.24, 2.45) is 10.9 Å². The standard InChI is InChI=1S/C16H21N3S/c1-3-13(4-2)15-11-18-16(20-15)19-14-7-5-12(6-8-14)9-10-17/h5-8,13,15H,3-4,9,11H2,1-2H3,(H,18,19). The van der Waals surface area contributed by atoms with E-state index >= 15 is 0 Å². The molecule has 1 heterocycles. The first-order chi connectivity index (χ1) is 9.76. The molecule has 0 aromatic heterocycles. The zero-order valence-electron chi connectivity index (χ0n) is 12.1. The van der Waals surface area contributed by atoms with E-state index in [0.29, 0.717) is 11.7 Å². The predicted octanol–water partition coefficient (Wildman–Crippen LogP) is 4.07. The molecule has 0 amide bonds. The SMILES string of the molecule is CCC(CC)C1CN=C(Nc2ccc(CC#N)cc2)S1. The maximum atomic E-state index is 8.66. The molecule has 1 aromatic rings. The van der Waals surface area contributed by atoms with Gasteiger partial charge in [-0.05, 0) is 23.6 Å². The minimum Gasteiger partial charge on any atom is -0.335 e. The number of rotatable bonds is 5. The molecule has 1 aliphatic rings. The highest BCUT2D eigenvalue weighted by Gasteiger charge is 2.25. The number of nitrogens with one attached hydrogen (secondary N) is 1. The van der Waals surface area contributed by atoms with Gasteiger partial charge in [-0.2, -0.15) is 5.26 Å². The number of hydrogen-bond donors (Lipinski definition) is 1. The van der Waals surface area contributed by atoms with Gasteiger partial charge in [-0.25, -0.2) is 0 Å². The molecule has 0 saturated carbocycles. The lowest BCUT2D eigenvalue weighted by Gasteiger charge is -2.18. The molecule has 0 fully saturated rings. The van der Waals surface area contributed by atoms with E-state index in [1.807, 2.05) is 36.0 Å². The van der Waals surface area contributed by atoms with Gasteiger partial charge in [0, 0.05) is 10.9 Å². The molecule has 4 heteroatoms. The Morgan fingerprint density at radius 1 is 1.35 bits per heavy atom. The van der Waals surface area contributed by atoms with E-state index in [9.17, 15) is 0 Å². The van der Waals surface area contributed by atoms with E-state index in [4.69, 9.17) is 5.26 Å². The summed E-state index contributed by atoms with van der Waals surface area (Å²) in [5, 5.41) is 13.7. The van der Waals surface area contributed by atoms with E-state index in [1.54, 1.807) is 0 Å². The van der Waals surface area contributed by atoms with Crippen molar-refractivity contribution in [3.63, 3.8) is 0 Å². The Hall–Kier alpha value is -1.47. The lowest BCUT2D eigenvalue weighted by molar-refractivity contribution is 0.479. The summed E-state index contributed by atoms with van der Waals surface area (Å²) in [4.78, 5) is 4.60. The van der Waals surface area contributed by atoms with E-state index in [-0.39, 0.29) is 0 Å². The summed E-state index contributed by atoms with van der Waals surface area (Å²) in [6.45, 7) is 5.44. The zero-order valence-corrected chi connectivity index (χ0v) is 12.9. The molecule has 0 aliphatic carbocycles. The van der Waals surface area contributed by atoms with Crippen molar-refractivity contribution in [2.45, 2.75) is 38.4 Å². The second-order valence-electron chi connectivity index (χ2n) is 5.04. The molecule has 2 rings (SSSR count).